The topological polar surface area (TPSA) is 37.4 Å². The van der Waals surface area contributed by atoms with Gasteiger partial charge in [0, 0.05) is 34.5 Å². The lowest BCUT2D eigenvalue weighted by Gasteiger charge is -2.26. The first-order valence-electron chi connectivity index (χ1n) is 10.0. The van der Waals surface area contributed by atoms with Gasteiger partial charge in [0.1, 0.15) is 5.75 Å². The van der Waals surface area contributed by atoms with Crippen LogP contribution in [0.3, 0.4) is 0 Å². The number of fused-ring (bicyclic) bond motifs is 1. The smallest absolute Gasteiger partial charge is 0.119 e. The maximum absolute atomic E-state index is 6.15. The number of aromatic nitrogens is 1. The second kappa shape index (κ2) is 9.26. The van der Waals surface area contributed by atoms with Crippen molar-refractivity contribution in [3.8, 4) is 5.75 Å². The summed E-state index contributed by atoms with van der Waals surface area (Å²) < 4.78 is 5.91. The Morgan fingerprint density at radius 2 is 1.82 bits per heavy atom. The predicted octanol–water partition coefficient (Wildman–Crippen LogP) is 5.89. The van der Waals surface area contributed by atoms with Crippen LogP contribution in [-0.2, 0) is 0 Å². The summed E-state index contributed by atoms with van der Waals surface area (Å²) in [6, 6.07) is 15.8. The Kier molecular flexibility index (Phi) is 6.30. The molecule has 4 nitrogen and oxygen atoms in total. The predicted molar refractivity (Wildman–Crippen MR) is 117 cm³/mol. The number of halogens is 1. The molecule has 0 radical (unpaired) electrons. The van der Waals surface area contributed by atoms with Crippen molar-refractivity contribution in [2.45, 2.75) is 25.7 Å². The van der Waals surface area contributed by atoms with Crippen LogP contribution in [0.2, 0.25) is 5.02 Å². The average molecular weight is 396 g/mol. The van der Waals surface area contributed by atoms with Crippen LogP contribution in [0.1, 0.15) is 25.7 Å². The third-order valence-corrected chi connectivity index (χ3v) is 5.41. The summed E-state index contributed by atoms with van der Waals surface area (Å²) in [5.41, 5.74) is 2.92. The third kappa shape index (κ3) is 4.94. The summed E-state index contributed by atoms with van der Waals surface area (Å²) in [5.74, 6) is 0.909. The van der Waals surface area contributed by atoms with E-state index in [1.807, 2.05) is 48.5 Å². The molecule has 2 heterocycles. The van der Waals surface area contributed by atoms with Gasteiger partial charge in [-0.2, -0.15) is 0 Å². The van der Waals surface area contributed by atoms with E-state index in [-0.39, 0.29) is 0 Å². The molecule has 0 unspecified atom stereocenters. The van der Waals surface area contributed by atoms with Crippen molar-refractivity contribution in [1.29, 1.82) is 0 Å². The molecule has 1 aromatic heterocycles. The van der Waals surface area contributed by atoms with Crippen LogP contribution in [0, 0.1) is 0 Å². The number of nitrogens with one attached hydrogen (secondary N) is 1. The molecular weight excluding hydrogens is 370 g/mol. The van der Waals surface area contributed by atoms with Crippen LogP contribution in [-0.4, -0.2) is 36.1 Å². The minimum Gasteiger partial charge on any atom is -0.494 e. The van der Waals surface area contributed by atoms with Crippen LogP contribution < -0.4 is 10.1 Å². The molecule has 0 bridgehead atoms. The summed E-state index contributed by atoms with van der Waals surface area (Å²) in [6.07, 6.45) is 6.94. The van der Waals surface area contributed by atoms with E-state index in [1.165, 1.54) is 32.4 Å². The molecule has 5 heteroatoms. The van der Waals surface area contributed by atoms with Crippen LogP contribution in [0.5, 0.6) is 5.75 Å². The molecule has 1 saturated heterocycles. The van der Waals surface area contributed by atoms with Crippen molar-refractivity contribution in [3.63, 3.8) is 0 Å². The molecule has 0 atom stereocenters. The van der Waals surface area contributed by atoms with E-state index in [0.29, 0.717) is 5.02 Å². The Morgan fingerprint density at radius 3 is 2.64 bits per heavy atom. The van der Waals surface area contributed by atoms with Crippen LogP contribution in [0.15, 0.2) is 54.7 Å². The second-order valence-corrected chi connectivity index (χ2v) is 7.71. The van der Waals surface area contributed by atoms with Gasteiger partial charge in [0.2, 0.25) is 0 Å². The number of rotatable bonds is 7. The van der Waals surface area contributed by atoms with E-state index in [4.69, 9.17) is 16.3 Å². The van der Waals surface area contributed by atoms with Gasteiger partial charge in [-0.25, -0.2) is 0 Å². The van der Waals surface area contributed by atoms with E-state index in [1.54, 1.807) is 6.20 Å². The van der Waals surface area contributed by atoms with Gasteiger partial charge in [-0.05, 0) is 80.9 Å². The zero-order valence-electron chi connectivity index (χ0n) is 16.0. The average Bonchev–Trinajstić information content (AvgIpc) is 2.73. The third-order valence-electron chi connectivity index (χ3n) is 5.17. The van der Waals surface area contributed by atoms with Gasteiger partial charge in [0.25, 0.3) is 0 Å². The molecule has 1 fully saturated rings. The lowest BCUT2D eigenvalue weighted by atomic mass is 10.1. The second-order valence-electron chi connectivity index (χ2n) is 7.27. The van der Waals surface area contributed by atoms with Gasteiger partial charge in [-0.1, -0.05) is 18.0 Å². The number of likely N-dealkylation sites (tertiary alicyclic amines) is 1. The molecule has 0 saturated carbocycles. The number of piperidine rings is 1. The maximum Gasteiger partial charge on any atom is 0.119 e. The molecule has 1 N–H and O–H groups in total. The van der Waals surface area contributed by atoms with Crippen molar-refractivity contribution >= 4 is 33.9 Å². The normalized spacial score (nSPS) is 14.9. The standard InChI is InChI=1S/C23H26ClN3O/c24-18-5-10-22-21(17-18)23(11-12-25-22)26-19-6-8-20(9-7-19)28-16-4-15-27-13-2-1-3-14-27/h5-12,17H,1-4,13-16H2,(H,25,26). The molecule has 2 aromatic carbocycles. The molecule has 146 valence electrons. The summed E-state index contributed by atoms with van der Waals surface area (Å²) in [4.78, 5) is 6.94. The highest BCUT2D eigenvalue weighted by atomic mass is 35.5. The van der Waals surface area contributed by atoms with E-state index >= 15 is 0 Å². The number of ether oxygens (including phenoxy) is 1. The first kappa shape index (κ1) is 19.0. The largest absolute Gasteiger partial charge is 0.494 e. The van der Waals surface area contributed by atoms with Crippen molar-refractivity contribution in [2.24, 2.45) is 0 Å². The van der Waals surface area contributed by atoms with Crippen molar-refractivity contribution in [1.82, 2.24) is 9.88 Å². The first-order chi connectivity index (χ1) is 13.8. The summed E-state index contributed by atoms with van der Waals surface area (Å²) in [6.45, 7) is 4.39. The minimum atomic E-state index is 0.705. The fourth-order valence-electron chi connectivity index (χ4n) is 3.68. The first-order valence-corrected chi connectivity index (χ1v) is 10.4. The van der Waals surface area contributed by atoms with Gasteiger partial charge in [-0.15, -0.1) is 0 Å². The number of hydrogen-bond acceptors (Lipinski definition) is 4. The van der Waals surface area contributed by atoms with Crippen molar-refractivity contribution < 1.29 is 4.74 Å². The Balaban J connectivity index is 1.32. The minimum absolute atomic E-state index is 0.705. The van der Waals surface area contributed by atoms with Gasteiger partial charge < -0.3 is 15.0 Å². The highest BCUT2D eigenvalue weighted by Gasteiger charge is 2.09. The Bertz CT molecular complexity index is 907. The molecule has 28 heavy (non-hydrogen) atoms. The highest BCUT2D eigenvalue weighted by molar-refractivity contribution is 6.31. The highest BCUT2D eigenvalue weighted by Crippen LogP contribution is 2.28. The van der Waals surface area contributed by atoms with Crippen molar-refractivity contribution in [2.75, 3.05) is 31.6 Å². The molecule has 4 rings (SSSR count). The van der Waals surface area contributed by atoms with Crippen LogP contribution >= 0.6 is 11.6 Å². The fourth-order valence-corrected chi connectivity index (χ4v) is 3.85. The number of anilines is 2. The van der Waals surface area contributed by atoms with Crippen LogP contribution in [0.4, 0.5) is 11.4 Å². The maximum atomic E-state index is 6.15. The Labute approximate surface area is 171 Å². The lowest BCUT2D eigenvalue weighted by molar-refractivity contribution is 0.205. The summed E-state index contributed by atoms with van der Waals surface area (Å²) in [5, 5.41) is 5.16. The van der Waals surface area contributed by atoms with Gasteiger partial charge >= 0.3 is 0 Å². The number of nitrogens with zero attached hydrogens (tertiary/aromatic N) is 2. The zero-order chi connectivity index (χ0) is 19.2. The van der Waals surface area contributed by atoms with Gasteiger partial charge in [-0.3, -0.25) is 4.98 Å². The molecular formula is C23H26ClN3O. The molecule has 0 spiro atoms. The molecule has 3 aromatic rings. The molecule has 1 aliphatic heterocycles. The van der Waals surface area contributed by atoms with E-state index in [9.17, 15) is 0 Å². The lowest BCUT2D eigenvalue weighted by Crippen LogP contribution is -2.31. The SMILES string of the molecule is Clc1ccc2nccc(Nc3ccc(OCCCN4CCCCC4)cc3)c2c1. The van der Waals surface area contributed by atoms with Gasteiger partial charge in [0.15, 0.2) is 0 Å². The number of pyridine rings is 1. The number of hydrogen-bond donors (Lipinski definition) is 1. The van der Waals surface area contributed by atoms with E-state index in [2.05, 4.69) is 15.2 Å². The Morgan fingerprint density at radius 1 is 1.00 bits per heavy atom. The number of benzene rings is 2. The van der Waals surface area contributed by atoms with Crippen molar-refractivity contribution in [3.05, 3.63) is 59.8 Å². The zero-order valence-corrected chi connectivity index (χ0v) is 16.8. The quantitative estimate of drug-likeness (QED) is 0.506. The van der Waals surface area contributed by atoms with Crippen LogP contribution in [0.25, 0.3) is 10.9 Å². The Hall–Kier alpha value is -2.30. The monoisotopic (exact) mass is 395 g/mol. The fraction of sp³-hybridized carbons (Fsp3) is 0.348. The molecule has 0 amide bonds. The summed E-state index contributed by atoms with van der Waals surface area (Å²) >= 11 is 6.15. The summed E-state index contributed by atoms with van der Waals surface area (Å²) in [7, 11) is 0. The molecule has 1 aliphatic rings. The van der Waals surface area contributed by atoms with Gasteiger partial charge in [0.05, 0.1) is 12.1 Å². The van der Waals surface area contributed by atoms with E-state index in [0.717, 1.165) is 47.6 Å². The molecule has 0 aliphatic carbocycles. The van der Waals surface area contributed by atoms with E-state index < -0.39 is 0 Å².